The van der Waals surface area contributed by atoms with E-state index in [4.69, 9.17) is 0 Å². The highest BCUT2D eigenvalue weighted by Gasteiger charge is 2.16. The molecule has 0 fully saturated rings. The van der Waals surface area contributed by atoms with E-state index < -0.39 is 14.9 Å². The van der Waals surface area contributed by atoms with E-state index in [1.807, 2.05) is 6.07 Å². The first-order valence-corrected chi connectivity index (χ1v) is 8.57. The Morgan fingerprint density at radius 1 is 1.17 bits per heavy atom. The quantitative estimate of drug-likeness (QED) is 0.510. The molecule has 2 aromatic rings. The third kappa shape index (κ3) is 3.96. The molecule has 24 heavy (non-hydrogen) atoms. The van der Waals surface area contributed by atoms with E-state index in [1.165, 1.54) is 18.2 Å². The van der Waals surface area contributed by atoms with Gasteiger partial charge in [-0.05, 0) is 38.0 Å². The molecule has 0 aromatic heterocycles. The molecule has 0 aliphatic carbocycles. The molecule has 0 amide bonds. The van der Waals surface area contributed by atoms with Crippen LogP contribution >= 0.6 is 0 Å². The minimum Gasteiger partial charge on any atom is -0.258 e. The fourth-order valence-electron chi connectivity index (χ4n) is 2.08. The van der Waals surface area contributed by atoms with Crippen molar-refractivity contribution in [2.75, 3.05) is 0 Å². The maximum absolute atomic E-state index is 12.4. The Hall–Kier alpha value is -2.74. The van der Waals surface area contributed by atoms with E-state index in [-0.39, 0.29) is 10.6 Å². The van der Waals surface area contributed by atoms with Crippen LogP contribution in [0.2, 0.25) is 0 Å². The smallest absolute Gasteiger partial charge is 0.258 e. The number of nitro groups is 1. The second-order valence-corrected chi connectivity index (χ2v) is 7.00. The summed E-state index contributed by atoms with van der Waals surface area (Å²) in [7, 11) is -3.81. The van der Waals surface area contributed by atoms with Gasteiger partial charge in [0, 0.05) is 17.7 Å². The average molecular weight is 347 g/mol. The van der Waals surface area contributed by atoms with Gasteiger partial charge in [-0.25, -0.2) is 0 Å². The van der Waals surface area contributed by atoms with Gasteiger partial charge in [0.2, 0.25) is 0 Å². The zero-order chi connectivity index (χ0) is 17.9. The summed E-state index contributed by atoms with van der Waals surface area (Å²) < 4.78 is 24.8. The van der Waals surface area contributed by atoms with Crippen molar-refractivity contribution in [2.45, 2.75) is 25.7 Å². The zero-order valence-corrected chi connectivity index (χ0v) is 14.3. The molecule has 2 rings (SSSR count). The Morgan fingerprint density at radius 3 is 2.54 bits per heavy atom. The van der Waals surface area contributed by atoms with Crippen LogP contribution in [0.1, 0.15) is 23.6 Å². The Labute approximate surface area is 140 Å². The summed E-state index contributed by atoms with van der Waals surface area (Å²) in [5, 5.41) is 14.7. The lowest BCUT2D eigenvalue weighted by atomic mass is 10.1. The van der Waals surface area contributed by atoms with Crippen molar-refractivity contribution in [3.8, 4) is 0 Å². The summed E-state index contributed by atoms with van der Waals surface area (Å²) >= 11 is 0. The van der Waals surface area contributed by atoms with Crippen molar-refractivity contribution >= 4 is 21.4 Å². The van der Waals surface area contributed by atoms with E-state index >= 15 is 0 Å². The Kier molecular flexibility index (Phi) is 4.99. The van der Waals surface area contributed by atoms with Crippen molar-refractivity contribution in [3.63, 3.8) is 0 Å². The number of non-ortho nitro benzene ring substituents is 1. The lowest BCUT2D eigenvalue weighted by Gasteiger charge is -2.09. The maximum atomic E-state index is 12.4. The number of nitro benzene ring substituents is 1. The molecule has 2 aromatic carbocycles. The molecule has 0 aliphatic heterocycles. The van der Waals surface area contributed by atoms with Gasteiger partial charge < -0.3 is 0 Å². The summed E-state index contributed by atoms with van der Waals surface area (Å²) in [6.07, 6.45) is 0. The van der Waals surface area contributed by atoms with Crippen LogP contribution in [0.15, 0.2) is 52.5 Å². The third-order valence-electron chi connectivity index (χ3n) is 3.44. The zero-order valence-electron chi connectivity index (χ0n) is 13.5. The molecule has 0 aliphatic rings. The van der Waals surface area contributed by atoms with Crippen molar-refractivity contribution in [1.29, 1.82) is 0 Å². The molecule has 0 bridgehead atoms. The Morgan fingerprint density at radius 2 is 1.88 bits per heavy atom. The number of aryl methyl sites for hydroxylation is 2. The first kappa shape index (κ1) is 17.6. The standard InChI is InChI=1S/C16H17N3O4S/c1-11-7-8-12(2)16(9-11)24(22,23)18-17-13(3)14-5-4-6-15(10-14)19(20)21/h4-10,18H,1-3H3/b17-13-. The average Bonchev–Trinajstić information content (AvgIpc) is 2.55. The van der Waals surface area contributed by atoms with Crippen molar-refractivity contribution < 1.29 is 13.3 Å². The molecule has 0 spiro atoms. The van der Waals surface area contributed by atoms with E-state index in [2.05, 4.69) is 9.93 Å². The summed E-state index contributed by atoms with van der Waals surface area (Å²) in [5.74, 6) is 0. The van der Waals surface area contributed by atoms with Crippen LogP contribution in [-0.4, -0.2) is 19.1 Å². The normalized spacial score (nSPS) is 12.0. The molecular formula is C16H17N3O4S. The van der Waals surface area contributed by atoms with Crippen molar-refractivity contribution in [3.05, 3.63) is 69.3 Å². The second-order valence-electron chi connectivity index (χ2n) is 5.37. The second kappa shape index (κ2) is 6.79. The van der Waals surface area contributed by atoms with Crippen LogP contribution in [0, 0.1) is 24.0 Å². The van der Waals surface area contributed by atoms with E-state index in [9.17, 15) is 18.5 Å². The number of rotatable bonds is 5. The largest absolute Gasteiger partial charge is 0.276 e. The van der Waals surface area contributed by atoms with Crippen LogP contribution in [0.4, 0.5) is 5.69 Å². The van der Waals surface area contributed by atoms with Crippen LogP contribution in [0.25, 0.3) is 0 Å². The summed E-state index contributed by atoms with van der Waals surface area (Å²) in [4.78, 5) is 12.6. The van der Waals surface area contributed by atoms with Gasteiger partial charge in [0.15, 0.2) is 0 Å². The maximum Gasteiger partial charge on any atom is 0.276 e. The minimum absolute atomic E-state index is 0.0839. The summed E-state index contributed by atoms with van der Waals surface area (Å²) in [6.45, 7) is 5.08. The van der Waals surface area contributed by atoms with Gasteiger partial charge in [-0.2, -0.15) is 18.4 Å². The van der Waals surface area contributed by atoms with E-state index in [0.29, 0.717) is 16.8 Å². The highest BCUT2D eigenvalue weighted by molar-refractivity contribution is 7.89. The minimum atomic E-state index is -3.81. The molecule has 0 unspecified atom stereocenters. The van der Waals surface area contributed by atoms with Crippen LogP contribution in [-0.2, 0) is 10.0 Å². The van der Waals surface area contributed by atoms with Gasteiger partial charge in [0.1, 0.15) is 0 Å². The number of nitrogens with zero attached hydrogens (tertiary/aromatic N) is 2. The lowest BCUT2D eigenvalue weighted by molar-refractivity contribution is -0.384. The third-order valence-corrected chi connectivity index (χ3v) is 4.79. The van der Waals surface area contributed by atoms with Gasteiger partial charge in [-0.1, -0.05) is 24.3 Å². The van der Waals surface area contributed by atoms with Crippen molar-refractivity contribution in [2.24, 2.45) is 5.10 Å². The van der Waals surface area contributed by atoms with Crippen LogP contribution in [0.5, 0.6) is 0 Å². The molecule has 0 atom stereocenters. The van der Waals surface area contributed by atoms with Crippen LogP contribution in [0.3, 0.4) is 0 Å². The molecule has 0 saturated heterocycles. The van der Waals surface area contributed by atoms with Gasteiger partial charge in [0.05, 0.1) is 15.5 Å². The van der Waals surface area contributed by atoms with Crippen molar-refractivity contribution in [1.82, 2.24) is 4.83 Å². The van der Waals surface area contributed by atoms with Gasteiger partial charge in [-0.15, -0.1) is 0 Å². The number of sulfonamides is 1. The molecule has 0 radical (unpaired) electrons. The molecule has 126 valence electrons. The summed E-state index contributed by atoms with van der Waals surface area (Å²) in [6, 6.07) is 11.0. The number of hydrogen-bond donors (Lipinski definition) is 1. The van der Waals surface area contributed by atoms with Crippen LogP contribution < -0.4 is 4.83 Å². The van der Waals surface area contributed by atoms with Gasteiger partial charge in [0.25, 0.3) is 15.7 Å². The topological polar surface area (TPSA) is 102 Å². The Bertz CT molecular complexity index is 921. The molecule has 7 nitrogen and oxygen atoms in total. The number of nitrogens with one attached hydrogen (secondary N) is 1. The summed E-state index contributed by atoms with van der Waals surface area (Å²) in [5.41, 5.74) is 2.14. The first-order valence-electron chi connectivity index (χ1n) is 7.09. The fourth-order valence-corrected chi connectivity index (χ4v) is 3.27. The Balaban J connectivity index is 2.30. The molecule has 8 heteroatoms. The van der Waals surface area contributed by atoms with E-state index in [0.717, 1.165) is 5.56 Å². The van der Waals surface area contributed by atoms with Gasteiger partial charge in [-0.3, -0.25) is 10.1 Å². The highest BCUT2D eigenvalue weighted by atomic mass is 32.2. The predicted molar refractivity (Wildman–Crippen MR) is 91.5 cm³/mol. The number of benzene rings is 2. The lowest BCUT2D eigenvalue weighted by Crippen LogP contribution is -2.21. The first-order chi connectivity index (χ1) is 11.2. The van der Waals surface area contributed by atoms with Gasteiger partial charge >= 0.3 is 0 Å². The predicted octanol–water partition coefficient (Wildman–Crippen LogP) is 2.91. The molecule has 0 saturated carbocycles. The number of hydrogen-bond acceptors (Lipinski definition) is 5. The monoisotopic (exact) mass is 347 g/mol. The fraction of sp³-hybridized carbons (Fsp3) is 0.188. The highest BCUT2D eigenvalue weighted by Crippen LogP contribution is 2.17. The molecular weight excluding hydrogens is 330 g/mol. The number of hydrazone groups is 1. The molecule has 1 N–H and O–H groups in total. The SMILES string of the molecule is C/C(=N/NS(=O)(=O)c1cc(C)ccc1C)c1cccc([N+](=O)[O-])c1. The van der Waals surface area contributed by atoms with E-state index in [1.54, 1.807) is 39.0 Å². The molecule has 0 heterocycles.